The topological polar surface area (TPSA) is 49.3 Å². The van der Waals surface area contributed by atoms with Crippen LogP contribution in [0.25, 0.3) is 0 Å². The molecule has 152 valence electrons. The van der Waals surface area contributed by atoms with Crippen LogP contribution in [0.15, 0.2) is 35.3 Å². The number of rotatable bonds is 7. The second kappa shape index (κ2) is 12.8. The fourth-order valence-electron chi connectivity index (χ4n) is 3.12. The zero-order valence-electron chi connectivity index (χ0n) is 16.9. The Morgan fingerprint density at radius 2 is 1.85 bits per heavy atom. The second-order valence-corrected chi connectivity index (χ2v) is 6.28. The van der Waals surface area contributed by atoms with Gasteiger partial charge >= 0.3 is 0 Å². The third-order valence-corrected chi connectivity index (χ3v) is 4.57. The van der Waals surface area contributed by atoms with E-state index in [2.05, 4.69) is 44.4 Å². The Bertz CT molecular complexity index is 614. The van der Waals surface area contributed by atoms with Crippen LogP contribution >= 0.6 is 24.0 Å². The molecule has 1 saturated heterocycles. The van der Waals surface area contributed by atoms with Crippen LogP contribution in [0.4, 0.5) is 0 Å². The molecule has 27 heavy (non-hydrogen) atoms. The standard InChI is InChI=1S/C20H32N4O2.HI/c1-5-6-7-10-22-20(21-2)24-13-11-23(12-14-24)16-17-8-9-18(25-3)19(15-17)26-4;/h5-6,8-9,15H,7,10-14,16H2,1-4H3,(H,21,22);1H/b6-5+;. The highest BCUT2D eigenvalue weighted by Gasteiger charge is 2.19. The Hall–Kier alpha value is -1.48. The fourth-order valence-corrected chi connectivity index (χ4v) is 3.12. The molecule has 0 amide bonds. The zero-order chi connectivity index (χ0) is 18.8. The van der Waals surface area contributed by atoms with E-state index in [1.54, 1.807) is 14.2 Å². The second-order valence-electron chi connectivity index (χ2n) is 6.28. The van der Waals surface area contributed by atoms with Gasteiger partial charge in [0.15, 0.2) is 17.5 Å². The Morgan fingerprint density at radius 1 is 1.15 bits per heavy atom. The van der Waals surface area contributed by atoms with Gasteiger partial charge in [-0.25, -0.2) is 0 Å². The van der Waals surface area contributed by atoms with Crippen molar-refractivity contribution in [1.29, 1.82) is 0 Å². The molecule has 1 N–H and O–H groups in total. The first-order valence-electron chi connectivity index (χ1n) is 9.21. The molecule has 0 radical (unpaired) electrons. The van der Waals surface area contributed by atoms with E-state index in [0.29, 0.717) is 0 Å². The first kappa shape index (κ1) is 23.6. The summed E-state index contributed by atoms with van der Waals surface area (Å²) in [4.78, 5) is 9.22. The third-order valence-electron chi connectivity index (χ3n) is 4.57. The van der Waals surface area contributed by atoms with Gasteiger partial charge < -0.3 is 19.7 Å². The molecule has 1 heterocycles. The summed E-state index contributed by atoms with van der Waals surface area (Å²) in [7, 11) is 5.19. The number of methoxy groups -OCH3 is 2. The number of allylic oxidation sites excluding steroid dienone is 1. The van der Waals surface area contributed by atoms with Crippen LogP contribution in [0.5, 0.6) is 11.5 Å². The normalized spacial score (nSPS) is 15.6. The average molecular weight is 488 g/mol. The van der Waals surface area contributed by atoms with E-state index in [0.717, 1.165) is 63.1 Å². The number of aliphatic imine (C=N–C) groups is 1. The van der Waals surface area contributed by atoms with Crippen molar-refractivity contribution in [2.75, 3.05) is 54.0 Å². The van der Waals surface area contributed by atoms with E-state index in [1.165, 1.54) is 5.56 Å². The van der Waals surface area contributed by atoms with Crippen molar-refractivity contribution >= 4 is 29.9 Å². The quantitative estimate of drug-likeness (QED) is 0.210. The van der Waals surface area contributed by atoms with E-state index in [-0.39, 0.29) is 24.0 Å². The molecule has 1 aromatic rings. The molecule has 0 spiro atoms. The number of piperazine rings is 1. The van der Waals surface area contributed by atoms with E-state index in [4.69, 9.17) is 9.47 Å². The first-order chi connectivity index (χ1) is 12.7. The summed E-state index contributed by atoms with van der Waals surface area (Å²) in [5, 5.41) is 3.44. The number of ether oxygens (including phenoxy) is 2. The molecule has 2 rings (SSSR count). The summed E-state index contributed by atoms with van der Waals surface area (Å²) < 4.78 is 10.7. The molecular weight excluding hydrogens is 455 g/mol. The molecular formula is C20H33IN4O2. The third kappa shape index (κ3) is 7.21. The molecule has 6 nitrogen and oxygen atoms in total. The van der Waals surface area contributed by atoms with Crippen LogP contribution in [-0.4, -0.2) is 69.8 Å². The minimum absolute atomic E-state index is 0. The smallest absolute Gasteiger partial charge is 0.193 e. The van der Waals surface area contributed by atoms with Gasteiger partial charge in [0.25, 0.3) is 0 Å². The number of benzene rings is 1. The van der Waals surface area contributed by atoms with Gasteiger partial charge in [0.1, 0.15) is 0 Å². The predicted molar refractivity (Wildman–Crippen MR) is 123 cm³/mol. The molecule has 0 unspecified atom stereocenters. The molecule has 7 heteroatoms. The highest BCUT2D eigenvalue weighted by molar-refractivity contribution is 14.0. The van der Waals surface area contributed by atoms with Crippen LogP contribution in [0.3, 0.4) is 0 Å². The first-order valence-corrected chi connectivity index (χ1v) is 9.21. The lowest BCUT2D eigenvalue weighted by atomic mass is 10.1. The van der Waals surface area contributed by atoms with Gasteiger partial charge in [0.05, 0.1) is 14.2 Å². The Kier molecular flexibility index (Phi) is 11.2. The van der Waals surface area contributed by atoms with Crippen molar-refractivity contribution in [3.8, 4) is 11.5 Å². The minimum atomic E-state index is 0. The monoisotopic (exact) mass is 488 g/mol. The summed E-state index contributed by atoms with van der Waals surface area (Å²) in [6.45, 7) is 7.89. The maximum Gasteiger partial charge on any atom is 0.193 e. The van der Waals surface area contributed by atoms with Gasteiger partial charge in [-0.15, -0.1) is 24.0 Å². The highest BCUT2D eigenvalue weighted by atomic mass is 127. The molecule has 0 saturated carbocycles. The summed E-state index contributed by atoms with van der Waals surface area (Å²) in [6.07, 6.45) is 5.27. The van der Waals surface area contributed by atoms with Crippen LogP contribution in [0, 0.1) is 0 Å². The van der Waals surface area contributed by atoms with Crippen LogP contribution in [0.1, 0.15) is 18.9 Å². The van der Waals surface area contributed by atoms with E-state index in [1.807, 2.05) is 20.0 Å². The number of nitrogens with one attached hydrogen (secondary N) is 1. The zero-order valence-corrected chi connectivity index (χ0v) is 19.2. The van der Waals surface area contributed by atoms with Gasteiger partial charge in [-0.1, -0.05) is 18.2 Å². The number of hydrogen-bond acceptors (Lipinski definition) is 4. The molecule has 1 fully saturated rings. The van der Waals surface area contributed by atoms with E-state index < -0.39 is 0 Å². The molecule has 0 bridgehead atoms. The number of guanidine groups is 1. The fraction of sp³-hybridized carbons (Fsp3) is 0.550. The summed E-state index contributed by atoms with van der Waals surface area (Å²) in [5.74, 6) is 2.56. The number of halogens is 1. The van der Waals surface area contributed by atoms with Crippen LogP contribution in [0.2, 0.25) is 0 Å². The maximum absolute atomic E-state index is 5.40. The van der Waals surface area contributed by atoms with Gasteiger partial charge in [0.2, 0.25) is 0 Å². The summed E-state index contributed by atoms with van der Waals surface area (Å²) >= 11 is 0. The molecule has 0 aliphatic carbocycles. The Balaban J connectivity index is 0.00000364. The van der Waals surface area contributed by atoms with Crippen molar-refractivity contribution in [2.24, 2.45) is 4.99 Å². The van der Waals surface area contributed by atoms with Crippen LogP contribution in [-0.2, 0) is 6.54 Å². The summed E-state index contributed by atoms with van der Waals surface area (Å²) in [6, 6.07) is 6.14. The van der Waals surface area contributed by atoms with Crippen molar-refractivity contribution in [2.45, 2.75) is 19.9 Å². The van der Waals surface area contributed by atoms with Gasteiger partial charge in [-0.05, 0) is 31.0 Å². The van der Waals surface area contributed by atoms with E-state index >= 15 is 0 Å². The number of nitrogens with zero attached hydrogens (tertiary/aromatic N) is 3. The SMILES string of the molecule is C/C=C/CCNC(=NC)N1CCN(Cc2ccc(OC)c(OC)c2)CC1.I. The lowest BCUT2D eigenvalue weighted by Gasteiger charge is -2.36. The van der Waals surface area contributed by atoms with Crippen LogP contribution < -0.4 is 14.8 Å². The largest absolute Gasteiger partial charge is 0.493 e. The lowest BCUT2D eigenvalue weighted by Crippen LogP contribution is -2.52. The minimum Gasteiger partial charge on any atom is -0.493 e. The average Bonchev–Trinajstić information content (AvgIpc) is 2.69. The van der Waals surface area contributed by atoms with Gasteiger partial charge in [-0.2, -0.15) is 0 Å². The van der Waals surface area contributed by atoms with Crippen molar-refractivity contribution in [3.05, 3.63) is 35.9 Å². The van der Waals surface area contributed by atoms with Crippen molar-refractivity contribution < 1.29 is 9.47 Å². The van der Waals surface area contributed by atoms with E-state index in [9.17, 15) is 0 Å². The van der Waals surface area contributed by atoms with Crippen molar-refractivity contribution in [3.63, 3.8) is 0 Å². The Morgan fingerprint density at radius 3 is 2.44 bits per heavy atom. The number of hydrogen-bond donors (Lipinski definition) is 1. The predicted octanol–water partition coefficient (Wildman–Crippen LogP) is 2.98. The van der Waals surface area contributed by atoms with Gasteiger partial charge in [0, 0.05) is 46.3 Å². The van der Waals surface area contributed by atoms with Crippen molar-refractivity contribution in [1.82, 2.24) is 15.1 Å². The molecule has 1 aliphatic heterocycles. The maximum atomic E-state index is 5.40. The molecule has 1 aliphatic rings. The van der Waals surface area contributed by atoms with Gasteiger partial charge in [-0.3, -0.25) is 9.89 Å². The highest BCUT2D eigenvalue weighted by Crippen LogP contribution is 2.28. The molecule has 0 atom stereocenters. The molecule has 1 aromatic carbocycles. The summed E-state index contributed by atoms with van der Waals surface area (Å²) in [5.41, 5.74) is 1.24. The Labute approximate surface area is 180 Å². The molecule has 0 aromatic heterocycles. The lowest BCUT2D eigenvalue weighted by molar-refractivity contribution is 0.172.